The molecule has 1 rings (SSSR count). The number of rotatable bonds is 6. The fourth-order valence-electron chi connectivity index (χ4n) is 1.27. The Balaban J connectivity index is 2.81. The second-order valence-corrected chi connectivity index (χ2v) is 6.10. The Hall–Kier alpha value is -0.920. The molecule has 1 aromatic rings. The molecule has 0 spiro atoms. The van der Waals surface area contributed by atoms with Gasteiger partial charge in [-0.25, -0.2) is 14.7 Å². The molecule has 0 fully saturated rings. The van der Waals surface area contributed by atoms with Crippen molar-refractivity contribution in [2.75, 3.05) is 18.3 Å². The number of aryl methyl sites for hydroxylation is 1. The lowest BCUT2D eigenvalue weighted by molar-refractivity contribution is 0.463. The zero-order valence-electron chi connectivity index (χ0n) is 10.6. The lowest BCUT2D eigenvalue weighted by Gasteiger charge is -2.17. The smallest absolute Gasteiger partial charge is 0.238 e. The van der Waals surface area contributed by atoms with Gasteiger partial charge in [-0.1, -0.05) is 24.9 Å². The van der Waals surface area contributed by atoms with Gasteiger partial charge in [0.15, 0.2) is 0 Å². The average Bonchev–Trinajstić information content (AvgIpc) is 2.23. The van der Waals surface area contributed by atoms with Crippen molar-refractivity contribution in [1.29, 1.82) is 0 Å². The monoisotopic (exact) mass is 292 g/mol. The highest BCUT2D eigenvalue weighted by molar-refractivity contribution is 7.90. The molecular formula is C10H17ClN4O2S. The summed E-state index contributed by atoms with van der Waals surface area (Å²) < 4.78 is 27.4. The average molecular weight is 293 g/mol. The van der Waals surface area contributed by atoms with Crippen molar-refractivity contribution in [2.45, 2.75) is 26.7 Å². The summed E-state index contributed by atoms with van der Waals surface area (Å²) in [5, 5.41) is 0.205. The van der Waals surface area contributed by atoms with E-state index in [-0.39, 0.29) is 11.1 Å². The molecule has 0 aromatic carbocycles. The Bertz CT molecular complexity index is 486. The van der Waals surface area contributed by atoms with Gasteiger partial charge in [0, 0.05) is 19.3 Å². The molecule has 0 atom stereocenters. The minimum absolute atomic E-state index is 0.0108. The van der Waals surface area contributed by atoms with Crippen LogP contribution in [0.25, 0.3) is 0 Å². The highest BCUT2D eigenvalue weighted by Gasteiger charge is 2.18. The molecule has 0 radical (unpaired) electrons. The highest BCUT2D eigenvalue weighted by atomic mass is 35.5. The van der Waals surface area contributed by atoms with Gasteiger partial charge in [-0.3, -0.25) is 0 Å². The van der Waals surface area contributed by atoms with Crippen molar-refractivity contribution in [3.8, 4) is 0 Å². The topological polar surface area (TPSA) is 75.2 Å². The molecule has 1 aromatic heterocycles. The van der Waals surface area contributed by atoms with Crippen LogP contribution < -0.4 is 4.72 Å². The fourth-order valence-corrected chi connectivity index (χ4v) is 2.36. The zero-order valence-corrected chi connectivity index (χ0v) is 12.2. The minimum atomic E-state index is -3.62. The number of nitrogens with one attached hydrogen (secondary N) is 1. The second-order valence-electron chi connectivity index (χ2n) is 3.94. The van der Waals surface area contributed by atoms with E-state index in [4.69, 9.17) is 11.6 Å². The fraction of sp³-hybridized carbons (Fsp3) is 0.600. The lowest BCUT2D eigenvalue weighted by Crippen LogP contribution is -2.33. The van der Waals surface area contributed by atoms with Crippen LogP contribution in [0, 0.1) is 6.92 Å². The van der Waals surface area contributed by atoms with Crippen molar-refractivity contribution in [3.63, 3.8) is 0 Å². The van der Waals surface area contributed by atoms with Gasteiger partial charge in [-0.05, 0) is 19.4 Å². The number of aromatic nitrogens is 2. The summed E-state index contributed by atoms with van der Waals surface area (Å²) in [4.78, 5) is 7.79. The molecule has 102 valence electrons. The van der Waals surface area contributed by atoms with Crippen LogP contribution in [0.2, 0.25) is 5.15 Å². The number of hydrogen-bond donors (Lipinski definition) is 1. The third kappa shape index (κ3) is 4.40. The van der Waals surface area contributed by atoms with Crippen LogP contribution in [0.5, 0.6) is 0 Å². The Kier molecular flexibility index (Phi) is 5.30. The van der Waals surface area contributed by atoms with Crippen molar-refractivity contribution in [3.05, 3.63) is 16.9 Å². The Labute approximate surface area is 113 Å². The number of halogens is 1. The second kappa shape index (κ2) is 6.31. The van der Waals surface area contributed by atoms with Crippen molar-refractivity contribution < 1.29 is 8.42 Å². The van der Waals surface area contributed by atoms with Gasteiger partial charge < -0.3 is 0 Å². The van der Waals surface area contributed by atoms with Gasteiger partial charge in [0.25, 0.3) is 0 Å². The van der Waals surface area contributed by atoms with Gasteiger partial charge >= 0.3 is 10.2 Å². The molecule has 18 heavy (non-hydrogen) atoms. The van der Waals surface area contributed by atoms with Crippen LogP contribution in [-0.2, 0) is 10.2 Å². The molecule has 6 nitrogen and oxygen atoms in total. The van der Waals surface area contributed by atoms with Crippen molar-refractivity contribution in [2.24, 2.45) is 0 Å². The molecule has 8 heteroatoms. The Morgan fingerprint density at radius 3 is 2.67 bits per heavy atom. The first kappa shape index (κ1) is 15.1. The molecule has 0 aliphatic heterocycles. The first-order valence-electron chi connectivity index (χ1n) is 5.60. The van der Waals surface area contributed by atoms with Crippen molar-refractivity contribution >= 4 is 27.8 Å². The number of unbranched alkanes of at least 4 members (excludes halogenated alkanes) is 1. The zero-order chi connectivity index (χ0) is 13.8. The quantitative estimate of drug-likeness (QED) is 0.812. The molecule has 0 saturated heterocycles. The number of hydrogen-bond acceptors (Lipinski definition) is 4. The summed E-state index contributed by atoms with van der Waals surface area (Å²) in [7, 11) is -2.11. The third-order valence-electron chi connectivity index (χ3n) is 2.28. The molecule has 0 bridgehead atoms. The molecular weight excluding hydrogens is 276 g/mol. The predicted molar refractivity (Wildman–Crippen MR) is 71.9 cm³/mol. The van der Waals surface area contributed by atoms with E-state index in [1.54, 1.807) is 13.0 Å². The number of nitrogens with zero attached hydrogens (tertiary/aromatic N) is 3. The summed E-state index contributed by atoms with van der Waals surface area (Å²) >= 11 is 5.74. The summed E-state index contributed by atoms with van der Waals surface area (Å²) in [6, 6.07) is 1.56. The molecule has 0 saturated carbocycles. The summed E-state index contributed by atoms with van der Waals surface area (Å²) in [5.41, 5.74) is 0.601. The van der Waals surface area contributed by atoms with Crippen LogP contribution in [0.15, 0.2) is 6.07 Å². The molecule has 0 unspecified atom stereocenters. The first-order chi connectivity index (χ1) is 8.35. The van der Waals surface area contributed by atoms with Gasteiger partial charge in [0.1, 0.15) is 5.15 Å². The predicted octanol–water partition coefficient (Wildman–Crippen LogP) is 1.83. The lowest BCUT2D eigenvalue weighted by atomic mass is 10.3. The maximum atomic E-state index is 11.9. The maximum Gasteiger partial charge on any atom is 0.303 e. The van der Waals surface area contributed by atoms with E-state index in [9.17, 15) is 8.42 Å². The molecule has 0 amide bonds. The van der Waals surface area contributed by atoms with E-state index in [1.165, 1.54) is 11.4 Å². The first-order valence-corrected chi connectivity index (χ1v) is 7.42. The highest BCUT2D eigenvalue weighted by Crippen LogP contribution is 2.12. The summed E-state index contributed by atoms with van der Waals surface area (Å²) in [6.45, 7) is 4.16. The van der Waals surface area contributed by atoms with Crippen LogP contribution in [0.3, 0.4) is 0 Å². The van der Waals surface area contributed by atoms with Gasteiger partial charge in [0.05, 0.1) is 0 Å². The van der Waals surface area contributed by atoms with E-state index >= 15 is 0 Å². The maximum absolute atomic E-state index is 11.9. The van der Waals surface area contributed by atoms with Gasteiger partial charge in [0.2, 0.25) is 5.95 Å². The van der Waals surface area contributed by atoms with E-state index < -0.39 is 10.2 Å². The Morgan fingerprint density at radius 2 is 2.11 bits per heavy atom. The summed E-state index contributed by atoms with van der Waals surface area (Å²) in [5.74, 6) is -0.0108. The standard InChI is InChI=1S/C10H17ClN4O2S/c1-4-5-6-15(3)18(16,17)14-10-12-8(2)7-9(11)13-10/h7H,4-6H2,1-3H3,(H,12,13,14). The molecule has 0 aliphatic carbocycles. The van der Waals surface area contributed by atoms with Crippen LogP contribution in [-0.4, -0.2) is 36.3 Å². The molecule has 1 heterocycles. The van der Waals surface area contributed by atoms with Crippen LogP contribution >= 0.6 is 11.6 Å². The van der Waals surface area contributed by atoms with Crippen LogP contribution in [0.1, 0.15) is 25.5 Å². The third-order valence-corrected chi connectivity index (χ3v) is 3.92. The van der Waals surface area contributed by atoms with E-state index in [0.717, 1.165) is 12.8 Å². The van der Waals surface area contributed by atoms with Gasteiger partial charge in [-0.2, -0.15) is 12.7 Å². The largest absolute Gasteiger partial charge is 0.303 e. The van der Waals surface area contributed by atoms with E-state index in [0.29, 0.717) is 12.2 Å². The number of anilines is 1. The van der Waals surface area contributed by atoms with E-state index in [1.807, 2.05) is 6.92 Å². The summed E-state index contributed by atoms with van der Waals surface area (Å²) in [6.07, 6.45) is 1.72. The minimum Gasteiger partial charge on any atom is -0.238 e. The molecule has 0 aliphatic rings. The normalized spacial score (nSPS) is 11.8. The Morgan fingerprint density at radius 1 is 1.44 bits per heavy atom. The van der Waals surface area contributed by atoms with E-state index in [2.05, 4.69) is 14.7 Å². The van der Waals surface area contributed by atoms with Gasteiger partial charge in [-0.15, -0.1) is 0 Å². The molecule has 1 N–H and O–H groups in total. The van der Waals surface area contributed by atoms with Crippen molar-refractivity contribution in [1.82, 2.24) is 14.3 Å². The SMILES string of the molecule is CCCCN(C)S(=O)(=O)Nc1nc(C)cc(Cl)n1. The van der Waals surface area contributed by atoms with Crippen LogP contribution in [0.4, 0.5) is 5.95 Å².